The van der Waals surface area contributed by atoms with Crippen LogP contribution in [-0.4, -0.2) is 86.8 Å². The first-order valence-electron chi connectivity index (χ1n) is 12.2. The van der Waals surface area contributed by atoms with Gasteiger partial charge in [-0.2, -0.15) is 0 Å². The maximum atomic E-state index is 13.0. The van der Waals surface area contributed by atoms with E-state index in [1.807, 2.05) is 0 Å². The predicted molar refractivity (Wildman–Crippen MR) is 140 cm³/mol. The van der Waals surface area contributed by atoms with E-state index in [2.05, 4.69) is 36.2 Å². The second-order valence-corrected chi connectivity index (χ2v) is 11.0. The number of nitrogens with two attached hydrogens (primary N) is 1. The van der Waals surface area contributed by atoms with E-state index in [4.69, 9.17) is 10.6 Å². The van der Waals surface area contributed by atoms with E-state index in [1.165, 1.54) is 28.0 Å². The molecule has 2 amide bonds. The van der Waals surface area contributed by atoms with Crippen LogP contribution in [0.5, 0.6) is 0 Å². The number of rotatable bonds is 14. The fourth-order valence-corrected chi connectivity index (χ4v) is 6.86. The Kier molecular flexibility index (Phi) is 9.74. The molecule has 3 rings (SSSR count). The number of nitrogen functional groups attached to an aromatic ring is 1. The molecule has 13 heteroatoms. The number of carbonyl (C=O) groups excluding carboxylic acids is 2. The van der Waals surface area contributed by atoms with Gasteiger partial charge in [-0.15, -0.1) is 23.1 Å². The number of hydrogen-bond acceptors (Lipinski definition) is 9. The fraction of sp³-hybridized carbons (Fsp3) is 0.609. The van der Waals surface area contributed by atoms with Crippen LogP contribution in [-0.2, 0) is 25.8 Å². The molecule has 4 N–H and O–H groups in total. The number of amides is 2. The molecule has 1 unspecified atom stereocenters. The number of carbonyl (C=O) groups is 3. The van der Waals surface area contributed by atoms with Gasteiger partial charge in [-0.05, 0) is 19.3 Å². The Labute approximate surface area is 219 Å². The lowest BCUT2D eigenvalue weighted by Crippen LogP contribution is -2.71. The molecule has 11 nitrogen and oxygen atoms in total. The minimum Gasteiger partial charge on any atom is -0.477 e. The van der Waals surface area contributed by atoms with Crippen molar-refractivity contribution in [3.05, 3.63) is 22.3 Å². The van der Waals surface area contributed by atoms with Gasteiger partial charge in [0.15, 0.2) is 11.7 Å². The van der Waals surface area contributed by atoms with Crippen LogP contribution in [0, 0.1) is 0 Å². The maximum Gasteiger partial charge on any atom is 0.352 e. The number of carboxylic acids is 1. The third-order valence-electron chi connectivity index (χ3n) is 6.19. The van der Waals surface area contributed by atoms with E-state index in [0.29, 0.717) is 23.1 Å². The molecule has 1 fully saturated rings. The zero-order valence-electron chi connectivity index (χ0n) is 20.9. The Hall–Kier alpha value is -2.64. The SMILES string of the molecule is CCC[N+](CCC)(CCC)CC1=C(C(=O)O)N2C(=O)C(NC(=O)/C=N\OCc3csc(N)n3)[C@H]2SC1. The summed E-state index contributed by atoms with van der Waals surface area (Å²) in [5, 5.41) is 17.9. The molecule has 0 spiro atoms. The molecule has 0 radical (unpaired) electrons. The zero-order valence-corrected chi connectivity index (χ0v) is 22.6. The Bertz CT molecular complexity index is 1010. The summed E-state index contributed by atoms with van der Waals surface area (Å²) in [7, 11) is 0. The van der Waals surface area contributed by atoms with E-state index in [9.17, 15) is 19.5 Å². The van der Waals surface area contributed by atoms with Crippen LogP contribution in [0.1, 0.15) is 45.7 Å². The van der Waals surface area contributed by atoms with Gasteiger partial charge < -0.3 is 25.5 Å². The molecule has 1 saturated heterocycles. The molecular weight excluding hydrogens is 504 g/mol. The van der Waals surface area contributed by atoms with Crippen LogP contribution in [0.4, 0.5) is 5.13 Å². The number of carboxylic acid groups (broad SMARTS) is 1. The average Bonchev–Trinajstić information content (AvgIpc) is 3.25. The number of nitrogens with one attached hydrogen (secondary N) is 1. The lowest BCUT2D eigenvalue weighted by Gasteiger charge is -2.50. The van der Waals surface area contributed by atoms with Gasteiger partial charge in [-0.25, -0.2) is 9.78 Å². The number of fused-ring (bicyclic) bond motifs is 1. The van der Waals surface area contributed by atoms with E-state index >= 15 is 0 Å². The first-order chi connectivity index (χ1) is 17.2. The molecule has 2 atom stereocenters. The van der Waals surface area contributed by atoms with Crippen molar-refractivity contribution < 1.29 is 28.8 Å². The number of quaternary nitrogens is 1. The van der Waals surface area contributed by atoms with Crippen molar-refractivity contribution in [3.63, 3.8) is 0 Å². The van der Waals surface area contributed by atoms with Crippen molar-refractivity contribution in [3.8, 4) is 0 Å². The summed E-state index contributed by atoms with van der Waals surface area (Å²) in [6.45, 7) is 10.0. The number of nitrogens with zero attached hydrogens (tertiary/aromatic N) is 4. The largest absolute Gasteiger partial charge is 0.477 e. The van der Waals surface area contributed by atoms with Crippen LogP contribution in [0.15, 0.2) is 21.8 Å². The fourth-order valence-electron chi connectivity index (χ4n) is 4.97. The van der Waals surface area contributed by atoms with Gasteiger partial charge in [0.05, 0.1) is 25.3 Å². The topological polar surface area (TPSA) is 147 Å². The highest BCUT2D eigenvalue weighted by molar-refractivity contribution is 8.00. The van der Waals surface area contributed by atoms with Crippen LogP contribution in [0.2, 0.25) is 0 Å². The number of oxime groups is 1. The average molecular weight is 540 g/mol. The van der Waals surface area contributed by atoms with Gasteiger partial charge in [0, 0.05) is 16.7 Å². The van der Waals surface area contributed by atoms with E-state index in [0.717, 1.165) is 55.2 Å². The van der Waals surface area contributed by atoms with Gasteiger partial charge in [0.2, 0.25) is 0 Å². The van der Waals surface area contributed by atoms with Crippen molar-refractivity contribution in [2.24, 2.45) is 5.16 Å². The highest BCUT2D eigenvalue weighted by Crippen LogP contribution is 2.41. The Balaban J connectivity index is 1.66. The number of aliphatic carboxylic acids is 1. The van der Waals surface area contributed by atoms with Gasteiger partial charge in [-0.1, -0.05) is 25.9 Å². The summed E-state index contributed by atoms with van der Waals surface area (Å²) >= 11 is 2.76. The van der Waals surface area contributed by atoms with Crippen LogP contribution in [0.3, 0.4) is 0 Å². The first kappa shape index (κ1) is 27.9. The number of aromatic nitrogens is 1. The van der Waals surface area contributed by atoms with Crippen LogP contribution < -0.4 is 11.1 Å². The lowest BCUT2D eigenvalue weighted by atomic mass is 10.0. The van der Waals surface area contributed by atoms with Crippen molar-refractivity contribution in [1.82, 2.24) is 15.2 Å². The van der Waals surface area contributed by atoms with Gasteiger partial charge in [0.1, 0.15) is 29.9 Å². The molecule has 1 aromatic heterocycles. The van der Waals surface area contributed by atoms with Gasteiger partial charge in [-0.3, -0.25) is 14.5 Å². The van der Waals surface area contributed by atoms with Crippen LogP contribution >= 0.6 is 23.1 Å². The van der Waals surface area contributed by atoms with Crippen molar-refractivity contribution in [2.45, 2.75) is 58.1 Å². The second-order valence-electron chi connectivity index (χ2n) is 9.01. The molecule has 36 heavy (non-hydrogen) atoms. The van der Waals surface area contributed by atoms with Gasteiger partial charge in [0.25, 0.3) is 11.8 Å². The standard InChI is InChI=1S/C23H34N6O5S2/c1-4-7-29(8-5-2,9-6-3)11-15-13-35-21-18(20(31)28(21)19(15)22(32)33)27-17(30)10-25-34-12-16-14-36-23(24)26-16/h10,14,18,21H,4-9,11-13H2,1-3H3,(H3-,24,26,27,30,32,33)/p+1/b25-10-/t18?,21-/m1/s1. The molecule has 0 saturated carbocycles. The quantitative estimate of drug-likeness (QED) is 0.141. The summed E-state index contributed by atoms with van der Waals surface area (Å²) < 4.78 is 0.826. The minimum absolute atomic E-state index is 0.0652. The number of thioether (sulfide) groups is 1. The normalized spacial score (nSPS) is 19.9. The number of thiazole rings is 1. The summed E-state index contributed by atoms with van der Waals surface area (Å²) in [4.78, 5) is 47.9. The third-order valence-corrected chi connectivity index (χ3v) is 8.26. The Morgan fingerprint density at radius 3 is 2.53 bits per heavy atom. The van der Waals surface area contributed by atoms with Crippen molar-refractivity contribution in [1.29, 1.82) is 0 Å². The van der Waals surface area contributed by atoms with Crippen LogP contribution in [0.25, 0.3) is 0 Å². The second kappa shape index (κ2) is 12.5. The minimum atomic E-state index is -1.10. The monoisotopic (exact) mass is 539 g/mol. The maximum absolute atomic E-state index is 13.0. The molecule has 198 valence electrons. The Morgan fingerprint density at radius 2 is 1.97 bits per heavy atom. The van der Waals surface area contributed by atoms with Crippen molar-refractivity contribution >= 4 is 52.2 Å². The zero-order chi connectivity index (χ0) is 26.3. The highest BCUT2D eigenvalue weighted by atomic mass is 32.2. The number of hydrogen-bond donors (Lipinski definition) is 3. The van der Waals surface area contributed by atoms with E-state index in [1.54, 1.807) is 5.38 Å². The third kappa shape index (κ3) is 6.37. The predicted octanol–water partition coefficient (Wildman–Crippen LogP) is 2.01. The number of anilines is 1. The molecule has 0 aliphatic carbocycles. The number of β-lactam (4-membered cyclic amide) rings is 1. The summed E-state index contributed by atoms with van der Waals surface area (Å²) in [6.07, 6.45) is 3.96. The molecule has 2 aliphatic heterocycles. The van der Waals surface area contributed by atoms with E-state index in [-0.39, 0.29) is 12.3 Å². The van der Waals surface area contributed by atoms with E-state index < -0.39 is 29.2 Å². The summed E-state index contributed by atoms with van der Waals surface area (Å²) in [5.41, 5.74) is 7.01. The molecular formula is C23H35N6O5S2+. The van der Waals surface area contributed by atoms with Crippen molar-refractivity contribution in [2.75, 3.05) is 37.7 Å². The molecule has 3 heterocycles. The molecule has 0 aromatic carbocycles. The molecule has 1 aromatic rings. The summed E-state index contributed by atoms with van der Waals surface area (Å²) in [5.74, 6) is -1.62. The first-order valence-corrected chi connectivity index (χ1v) is 14.1. The molecule has 2 aliphatic rings. The van der Waals surface area contributed by atoms with Gasteiger partial charge >= 0.3 is 5.97 Å². The summed E-state index contributed by atoms with van der Waals surface area (Å²) in [6, 6.07) is -0.815. The highest BCUT2D eigenvalue weighted by Gasteiger charge is 2.54. The Morgan fingerprint density at radius 1 is 1.31 bits per heavy atom. The lowest BCUT2D eigenvalue weighted by molar-refractivity contribution is -0.924. The molecule has 0 bridgehead atoms. The smallest absolute Gasteiger partial charge is 0.352 e.